The SMILES string of the molecule is CC#Cc1ccc2c(c1)C(C)(C)CCC2(C)C. The van der Waals surface area contributed by atoms with E-state index < -0.39 is 0 Å². The molecule has 0 saturated heterocycles. The molecule has 0 N–H and O–H groups in total. The fourth-order valence-electron chi connectivity index (χ4n) is 2.81. The first-order valence-corrected chi connectivity index (χ1v) is 6.45. The fourth-order valence-corrected chi connectivity index (χ4v) is 2.81. The van der Waals surface area contributed by atoms with Crippen LogP contribution < -0.4 is 0 Å². The lowest BCUT2D eigenvalue weighted by atomic mass is 9.63. The third kappa shape index (κ3) is 2.12. The quantitative estimate of drug-likeness (QED) is 0.575. The molecule has 1 aliphatic rings. The number of benzene rings is 1. The molecule has 2 rings (SSSR count). The summed E-state index contributed by atoms with van der Waals surface area (Å²) in [6, 6.07) is 6.75. The molecule has 0 aromatic heterocycles. The van der Waals surface area contributed by atoms with E-state index in [9.17, 15) is 0 Å². The second-order valence-corrected chi connectivity index (χ2v) is 6.40. The van der Waals surface area contributed by atoms with Gasteiger partial charge in [0.1, 0.15) is 0 Å². The van der Waals surface area contributed by atoms with Crippen molar-refractivity contribution in [2.45, 2.75) is 58.3 Å². The van der Waals surface area contributed by atoms with E-state index in [2.05, 4.69) is 57.7 Å². The van der Waals surface area contributed by atoms with Crippen LogP contribution in [0.2, 0.25) is 0 Å². The lowest BCUT2D eigenvalue weighted by Crippen LogP contribution is -2.33. The Morgan fingerprint density at radius 1 is 0.941 bits per heavy atom. The zero-order chi connectivity index (χ0) is 12.7. The Morgan fingerprint density at radius 2 is 1.53 bits per heavy atom. The lowest BCUT2D eigenvalue weighted by molar-refractivity contribution is 0.332. The van der Waals surface area contributed by atoms with Gasteiger partial charge in [0.15, 0.2) is 0 Å². The van der Waals surface area contributed by atoms with Crippen LogP contribution >= 0.6 is 0 Å². The van der Waals surface area contributed by atoms with Crippen molar-refractivity contribution in [3.63, 3.8) is 0 Å². The zero-order valence-corrected chi connectivity index (χ0v) is 11.6. The number of rotatable bonds is 0. The van der Waals surface area contributed by atoms with Crippen molar-refractivity contribution in [3.05, 3.63) is 34.9 Å². The normalized spacial score (nSPS) is 20.1. The highest BCUT2D eigenvalue weighted by Gasteiger charge is 2.36. The first kappa shape index (κ1) is 12.2. The molecule has 0 heteroatoms. The predicted octanol–water partition coefficient (Wildman–Crippen LogP) is 4.41. The number of hydrogen-bond acceptors (Lipinski definition) is 0. The summed E-state index contributed by atoms with van der Waals surface area (Å²) in [5, 5.41) is 0. The largest absolute Gasteiger partial charge is 0.101 e. The van der Waals surface area contributed by atoms with Crippen LogP contribution in [0.15, 0.2) is 18.2 Å². The van der Waals surface area contributed by atoms with Crippen LogP contribution in [0.3, 0.4) is 0 Å². The van der Waals surface area contributed by atoms with Gasteiger partial charge >= 0.3 is 0 Å². The summed E-state index contributed by atoms with van der Waals surface area (Å²) in [4.78, 5) is 0. The van der Waals surface area contributed by atoms with Crippen LogP contribution in [0.5, 0.6) is 0 Å². The monoisotopic (exact) mass is 226 g/mol. The Kier molecular flexibility index (Phi) is 2.82. The molecule has 90 valence electrons. The van der Waals surface area contributed by atoms with Gasteiger partial charge < -0.3 is 0 Å². The average molecular weight is 226 g/mol. The molecule has 0 atom stereocenters. The highest BCUT2D eigenvalue weighted by molar-refractivity contribution is 5.47. The summed E-state index contributed by atoms with van der Waals surface area (Å²) < 4.78 is 0. The van der Waals surface area contributed by atoms with Crippen molar-refractivity contribution in [2.24, 2.45) is 0 Å². The van der Waals surface area contributed by atoms with E-state index in [-0.39, 0.29) is 5.41 Å². The molecule has 17 heavy (non-hydrogen) atoms. The second kappa shape index (κ2) is 3.91. The molecule has 0 amide bonds. The molecule has 0 unspecified atom stereocenters. The van der Waals surface area contributed by atoms with E-state index >= 15 is 0 Å². The molecule has 0 fully saturated rings. The van der Waals surface area contributed by atoms with E-state index in [0.29, 0.717) is 5.41 Å². The lowest BCUT2D eigenvalue weighted by Gasteiger charge is -2.41. The van der Waals surface area contributed by atoms with Gasteiger partial charge in [-0.1, -0.05) is 39.7 Å². The Labute approximate surface area is 105 Å². The van der Waals surface area contributed by atoms with Crippen LogP contribution in [0, 0.1) is 11.8 Å². The van der Waals surface area contributed by atoms with Gasteiger partial charge in [0.25, 0.3) is 0 Å². The van der Waals surface area contributed by atoms with Crippen molar-refractivity contribution in [3.8, 4) is 11.8 Å². The minimum Gasteiger partial charge on any atom is -0.101 e. The third-order valence-corrected chi connectivity index (χ3v) is 4.12. The molecule has 0 saturated carbocycles. The smallest absolute Gasteiger partial charge is 0.0248 e. The summed E-state index contributed by atoms with van der Waals surface area (Å²) in [5.41, 5.74) is 4.75. The topological polar surface area (TPSA) is 0 Å². The molecule has 0 heterocycles. The van der Waals surface area contributed by atoms with Crippen LogP contribution in [0.1, 0.15) is 64.2 Å². The van der Waals surface area contributed by atoms with Crippen LogP contribution in [0.4, 0.5) is 0 Å². The van der Waals surface area contributed by atoms with Crippen LogP contribution in [-0.4, -0.2) is 0 Å². The summed E-state index contributed by atoms with van der Waals surface area (Å²) in [7, 11) is 0. The zero-order valence-electron chi connectivity index (χ0n) is 11.6. The average Bonchev–Trinajstić information content (AvgIpc) is 2.26. The molecular formula is C17H22. The van der Waals surface area contributed by atoms with E-state index in [1.54, 1.807) is 0 Å². The Hall–Kier alpha value is -1.22. The molecule has 0 spiro atoms. The van der Waals surface area contributed by atoms with E-state index in [0.717, 1.165) is 5.56 Å². The molecule has 0 aliphatic heterocycles. The number of fused-ring (bicyclic) bond motifs is 1. The van der Waals surface area contributed by atoms with E-state index in [4.69, 9.17) is 0 Å². The standard InChI is InChI=1S/C17H22/c1-6-7-13-8-9-14-15(12-13)17(4,5)11-10-16(14,2)3/h8-9,12H,10-11H2,1-5H3. The summed E-state index contributed by atoms with van der Waals surface area (Å²) in [6.07, 6.45) is 2.53. The molecule has 1 aromatic carbocycles. The summed E-state index contributed by atoms with van der Waals surface area (Å²) in [6.45, 7) is 11.3. The van der Waals surface area contributed by atoms with Crippen LogP contribution in [0.25, 0.3) is 0 Å². The minimum atomic E-state index is 0.288. The fraction of sp³-hybridized carbons (Fsp3) is 0.529. The highest BCUT2D eigenvalue weighted by atomic mass is 14.4. The van der Waals surface area contributed by atoms with Gasteiger partial charge in [0.05, 0.1) is 0 Å². The van der Waals surface area contributed by atoms with Crippen LogP contribution in [-0.2, 0) is 10.8 Å². The van der Waals surface area contributed by atoms with Gasteiger partial charge in [-0.25, -0.2) is 0 Å². The minimum absolute atomic E-state index is 0.288. The Bertz CT molecular complexity index is 493. The van der Waals surface area contributed by atoms with E-state index in [1.807, 2.05) is 6.92 Å². The van der Waals surface area contributed by atoms with Crippen molar-refractivity contribution >= 4 is 0 Å². The molecular weight excluding hydrogens is 204 g/mol. The highest BCUT2D eigenvalue weighted by Crippen LogP contribution is 2.45. The molecule has 0 radical (unpaired) electrons. The van der Waals surface area contributed by atoms with Crippen molar-refractivity contribution in [2.75, 3.05) is 0 Å². The molecule has 0 nitrogen and oxygen atoms in total. The molecule has 0 bridgehead atoms. The van der Waals surface area contributed by atoms with Crippen molar-refractivity contribution in [1.29, 1.82) is 0 Å². The van der Waals surface area contributed by atoms with Gasteiger partial charge in [-0.2, -0.15) is 0 Å². The Balaban J connectivity index is 2.62. The first-order valence-electron chi connectivity index (χ1n) is 6.45. The van der Waals surface area contributed by atoms with Gasteiger partial charge in [-0.3, -0.25) is 0 Å². The van der Waals surface area contributed by atoms with Crippen molar-refractivity contribution in [1.82, 2.24) is 0 Å². The van der Waals surface area contributed by atoms with Gasteiger partial charge in [0, 0.05) is 5.56 Å². The molecule has 1 aliphatic carbocycles. The van der Waals surface area contributed by atoms with Gasteiger partial charge in [0.2, 0.25) is 0 Å². The van der Waals surface area contributed by atoms with Gasteiger partial charge in [-0.05, 0) is 53.9 Å². The maximum Gasteiger partial charge on any atom is 0.0248 e. The van der Waals surface area contributed by atoms with Crippen molar-refractivity contribution < 1.29 is 0 Å². The Morgan fingerprint density at radius 3 is 2.12 bits per heavy atom. The predicted molar refractivity (Wildman–Crippen MR) is 74.3 cm³/mol. The first-order chi connectivity index (χ1) is 7.87. The third-order valence-electron chi connectivity index (χ3n) is 4.12. The molecule has 1 aromatic rings. The van der Waals surface area contributed by atoms with E-state index in [1.165, 1.54) is 24.0 Å². The van der Waals surface area contributed by atoms with Gasteiger partial charge in [-0.15, -0.1) is 5.92 Å². The maximum atomic E-state index is 3.17. The number of hydrogen-bond donors (Lipinski definition) is 0. The summed E-state index contributed by atoms with van der Waals surface area (Å²) >= 11 is 0. The second-order valence-electron chi connectivity index (χ2n) is 6.40. The maximum absolute atomic E-state index is 3.17. The summed E-state index contributed by atoms with van der Waals surface area (Å²) in [5.74, 6) is 6.16.